The molecule has 188 valence electrons. The standard InChI is InChI=1S/C28H42N2O3S/c1-4-5-6-7-8-9-10-11-12-13-14-18-27(31)29-25-19-21-26(22-20-25)34(32,33)30-28-23(2)16-15-17-24(28)3/h15-17,19-22,30H,4-14,18H2,1-3H3,(H,29,31). The minimum Gasteiger partial charge on any atom is -0.326 e. The molecule has 6 heteroatoms. The first-order chi connectivity index (χ1) is 16.3. The van der Waals surface area contributed by atoms with Crippen molar-refractivity contribution >= 4 is 27.3 Å². The SMILES string of the molecule is CCCCCCCCCCCCCC(=O)Nc1ccc(S(=O)(=O)Nc2c(C)cccc2C)cc1. The van der Waals surface area contributed by atoms with Gasteiger partial charge in [0.15, 0.2) is 0 Å². The van der Waals surface area contributed by atoms with Crippen molar-refractivity contribution in [2.45, 2.75) is 103 Å². The molecule has 0 saturated carbocycles. The molecule has 2 rings (SSSR count). The van der Waals surface area contributed by atoms with Crippen LogP contribution in [0.25, 0.3) is 0 Å². The molecule has 2 aromatic rings. The van der Waals surface area contributed by atoms with Crippen LogP contribution in [0.5, 0.6) is 0 Å². The van der Waals surface area contributed by atoms with Crippen LogP contribution in [0, 0.1) is 13.8 Å². The van der Waals surface area contributed by atoms with Crippen LogP contribution >= 0.6 is 0 Å². The van der Waals surface area contributed by atoms with Crippen molar-refractivity contribution in [1.29, 1.82) is 0 Å². The number of unbranched alkanes of at least 4 members (excludes halogenated alkanes) is 10. The zero-order valence-electron chi connectivity index (χ0n) is 21.2. The summed E-state index contributed by atoms with van der Waals surface area (Å²) < 4.78 is 28.2. The number of carbonyl (C=O) groups excluding carboxylic acids is 1. The average Bonchev–Trinajstić information content (AvgIpc) is 2.80. The summed E-state index contributed by atoms with van der Waals surface area (Å²) in [5.41, 5.74) is 2.95. The molecule has 2 aromatic carbocycles. The van der Waals surface area contributed by atoms with Crippen LogP contribution in [0.1, 0.15) is 95.1 Å². The van der Waals surface area contributed by atoms with Gasteiger partial charge in [0.05, 0.1) is 10.6 Å². The van der Waals surface area contributed by atoms with Gasteiger partial charge in [0.25, 0.3) is 10.0 Å². The number of aryl methyl sites for hydroxylation is 2. The van der Waals surface area contributed by atoms with Crippen molar-refractivity contribution in [3.05, 3.63) is 53.6 Å². The Morgan fingerprint density at radius 3 is 1.76 bits per heavy atom. The molecule has 0 bridgehead atoms. The van der Waals surface area contributed by atoms with Crippen molar-refractivity contribution < 1.29 is 13.2 Å². The van der Waals surface area contributed by atoms with E-state index < -0.39 is 10.0 Å². The second-order valence-electron chi connectivity index (χ2n) is 9.23. The highest BCUT2D eigenvalue weighted by Crippen LogP contribution is 2.24. The zero-order valence-corrected chi connectivity index (χ0v) is 22.0. The normalized spacial score (nSPS) is 11.4. The Balaban J connectivity index is 1.68. The third-order valence-corrected chi connectivity index (χ3v) is 7.54. The van der Waals surface area contributed by atoms with E-state index in [-0.39, 0.29) is 10.8 Å². The van der Waals surface area contributed by atoms with Crippen molar-refractivity contribution in [3.8, 4) is 0 Å². The highest BCUT2D eigenvalue weighted by atomic mass is 32.2. The third kappa shape index (κ3) is 9.88. The van der Waals surface area contributed by atoms with Gasteiger partial charge in [-0.25, -0.2) is 8.42 Å². The Morgan fingerprint density at radius 2 is 1.24 bits per heavy atom. The maximum atomic E-state index is 12.8. The van der Waals surface area contributed by atoms with Crippen LogP contribution in [-0.4, -0.2) is 14.3 Å². The van der Waals surface area contributed by atoms with Crippen LogP contribution in [0.2, 0.25) is 0 Å². The van der Waals surface area contributed by atoms with Gasteiger partial charge in [-0.1, -0.05) is 89.3 Å². The fourth-order valence-corrected chi connectivity index (χ4v) is 5.26. The van der Waals surface area contributed by atoms with Crippen LogP contribution in [0.4, 0.5) is 11.4 Å². The third-order valence-electron chi connectivity index (χ3n) is 6.17. The van der Waals surface area contributed by atoms with Gasteiger partial charge in [0.2, 0.25) is 5.91 Å². The summed E-state index contributed by atoms with van der Waals surface area (Å²) in [5, 5.41) is 2.87. The van der Waals surface area contributed by atoms with E-state index in [0.29, 0.717) is 17.8 Å². The molecule has 5 nitrogen and oxygen atoms in total. The first kappa shape index (κ1) is 27.9. The quantitative estimate of drug-likeness (QED) is 0.238. The summed E-state index contributed by atoms with van der Waals surface area (Å²) in [6.07, 6.45) is 14.3. The molecule has 1 amide bonds. The summed E-state index contributed by atoms with van der Waals surface area (Å²) >= 11 is 0. The topological polar surface area (TPSA) is 75.3 Å². The molecule has 0 aliphatic heterocycles. The summed E-state index contributed by atoms with van der Waals surface area (Å²) in [6.45, 7) is 5.99. The van der Waals surface area contributed by atoms with Crippen LogP contribution in [0.15, 0.2) is 47.4 Å². The van der Waals surface area contributed by atoms with E-state index in [4.69, 9.17) is 0 Å². The largest absolute Gasteiger partial charge is 0.326 e. The Hall–Kier alpha value is -2.34. The van der Waals surface area contributed by atoms with Gasteiger partial charge in [-0.05, 0) is 55.7 Å². The van der Waals surface area contributed by atoms with Crippen molar-refractivity contribution in [3.63, 3.8) is 0 Å². The molecule has 0 spiro atoms. The molecule has 0 aliphatic carbocycles. The number of rotatable bonds is 16. The molecule has 0 radical (unpaired) electrons. The molecule has 2 N–H and O–H groups in total. The monoisotopic (exact) mass is 486 g/mol. The predicted octanol–water partition coefficient (Wildman–Crippen LogP) is 7.74. The molecule has 0 heterocycles. The molecular formula is C28H42N2O3S. The number of nitrogens with one attached hydrogen (secondary N) is 2. The Kier molecular flexibility index (Phi) is 12.2. The summed E-state index contributed by atoms with van der Waals surface area (Å²) in [5.74, 6) is -0.0276. The molecule has 0 aromatic heterocycles. The summed E-state index contributed by atoms with van der Waals surface area (Å²) in [6, 6.07) is 12.0. The van der Waals surface area contributed by atoms with Gasteiger partial charge in [0, 0.05) is 12.1 Å². The van der Waals surface area contributed by atoms with E-state index in [1.807, 2.05) is 32.0 Å². The fourth-order valence-electron chi connectivity index (χ4n) is 4.06. The Labute approximate surface area is 206 Å². The lowest BCUT2D eigenvalue weighted by Gasteiger charge is -2.13. The lowest BCUT2D eigenvalue weighted by molar-refractivity contribution is -0.116. The molecule has 34 heavy (non-hydrogen) atoms. The molecule has 0 atom stereocenters. The number of para-hydroxylation sites is 1. The molecular weight excluding hydrogens is 444 g/mol. The van der Waals surface area contributed by atoms with Crippen molar-refractivity contribution in [1.82, 2.24) is 0 Å². The predicted molar refractivity (Wildman–Crippen MR) is 143 cm³/mol. The smallest absolute Gasteiger partial charge is 0.261 e. The number of amides is 1. The Morgan fingerprint density at radius 1 is 0.735 bits per heavy atom. The van der Waals surface area contributed by atoms with E-state index in [2.05, 4.69) is 17.0 Å². The number of hydrogen-bond donors (Lipinski definition) is 2. The van der Waals surface area contributed by atoms with Gasteiger partial charge in [-0.3, -0.25) is 9.52 Å². The highest BCUT2D eigenvalue weighted by Gasteiger charge is 2.16. The maximum absolute atomic E-state index is 12.8. The second kappa shape index (κ2) is 14.8. The fraction of sp³-hybridized carbons (Fsp3) is 0.536. The van der Waals surface area contributed by atoms with Crippen LogP contribution in [0.3, 0.4) is 0 Å². The van der Waals surface area contributed by atoms with Gasteiger partial charge in [-0.2, -0.15) is 0 Å². The lowest BCUT2D eigenvalue weighted by Crippen LogP contribution is -2.15. The van der Waals surface area contributed by atoms with Gasteiger partial charge in [0.1, 0.15) is 0 Å². The second-order valence-corrected chi connectivity index (χ2v) is 10.9. The van der Waals surface area contributed by atoms with Gasteiger partial charge >= 0.3 is 0 Å². The van der Waals surface area contributed by atoms with E-state index >= 15 is 0 Å². The first-order valence-corrected chi connectivity index (χ1v) is 14.3. The minimum atomic E-state index is -3.70. The molecule has 0 aliphatic rings. The number of hydrogen-bond acceptors (Lipinski definition) is 3. The first-order valence-electron chi connectivity index (χ1n) is 12.8. The molecule has 0 saturated heterocycles. The van der Waals surface area contributed by atoms with Crippen LogP contribution < -0.4 is 10.0 Å². The van der Waals surface area contributed by atoms with Crippen LogP contribution in [-0.2, 0) is 14.8 Å². The van der Waals surface area contributed by atoms with Crippen molar-refractivity contribution in [2.75, 3.05) is 10.0 Å². The number of sulfonamides is 1. The average molecular weight is 487 g/mol. The van der Waals surface area contributed by atoms with E-state index in [0.717, 1.165) is 24.0 Å². The number of benzene rings is 2. The minimum absolute atomic E-state index is 0.0276. The van der Waals surface area contributed by atoms with Crippen molar-refractivity contribution in [2.24, 2.45) is 0 Å². The molecule has 0 unspecified atom stereocenters. The number of carbonyl (C=O) groups is 1. The van der Waals surface area contributed by atoms with E-state index in [1.165, 1.54) is 69.9 Å². The maximum Gasteiger partial charge on any atom is 0.261 e. The molecule has 0 fully saturated rings. The lowest BCUT2D eigenvalue weighted by atomic mass is 10.1. The zero-order chi connectivity index (χ0) is 24.8. The summed E-state index contributed by atoms with van der Waals surface area (Å²) in [4.78, 5) is 12.4. The van der Waals surface area contributed by atoms with E-state index in [9.17, 15) is 13.2 Å². The van der Waals surface area contributed by atoms with Gasteiger partial charge < -0.3 is 5.32 Å². The number of anilines is 2. The van der Waals surface area contributed by atoms with E-state index in [1.54, 1.807) is 12.1 Å². The van der Waals surface area contributed by atoms with Gasteiger partial charge in [-0.15, -0.1) is 0 Å². The Bertz CT molecular complexity index is 965. The summed E-state index contributed by atoms with van der Waals surface area (Å²) in [7, 11) is -3.70. The highest BCUT2D eigenvalue weighted by molar-refractivity contribution is 7.92.